The molecule has 138 valence electrons. The van der Waals surface area contributed by atoms with E-state index in [4.69, 9.17) is 22.7 Å². The lowest BCUT2D eigenvalue weighted by molar-refractivity contribution is -0.110. The topological polar surface area (TPSA) is 108 Å². The number of nitrogens with two attached hydrogens (primary N) is 1. The van der Waals surface area contributed by atoms with Crippen molar-refractivity contribution in [2.24, 2.45) is 5.73 Å². The number of pyridine rings is 1. The Morgan fingerprint density at radius 3 is 2.63 bits per heavy atom. The van der Waals surface area contributed by atoms with Crippen molar-refractivity contribution in [2.45, 2.75) is 6.43 Å². The van der Waals surface area contributed by atoms with Crippen LogP contribution in [0, 0.1) is 5.41 Å². The Balaban J connectivity index is 1.82. The molecule has 0 saturated carbocycles. The van der Waals surface area contributed by atoms with Crippen LogP contribution in [-0.4, -0.2) is 28.0 Å². The van der Waals surface area contributed by atoms with Crippen LogP contribution >= 0.6 is 11.6 Å². The molecule has 0 unspecified atom stereocenters. The first kappa shape index (κ1) is 18.5. The van der Waals surface area contributed by atoms with Gasteiger partial charge in [0.25, 0.3) is 12.3 Å². The first-order chi connectivity index (χ1) is 12.9. The molecule has 5 N–H and O–H groups in total. The highest BCUT2D eigenvalue weighted by atomic mass is 35.5. The van der Waals surface area contributed by atoms with Crippen molar-refractivity contribution in [1.29, 1.82) is 5.41 Å². The summed E-state index contributed by atoms with van der Waals surface area (Å²) in [6.07, 6.45) is -1.67. The second-order valence-electron chi connectivity index (χ2n) is 5.61. The maximum atomic E-state index is 12.5. The van der Waals surface area contributed by atoms with Crippen molar-refractivity contribution >= 4 is 39.9 Å². The van der Waals surface area contributed by atoms with Crippen LogP contribution in [0.2, 0.25) is 0 Å². The first-order valence-corrected chi connectivity index (χ1v) is 8.12. The number of benzene rings is 1. The van der Waals surface area contributed by atoms with Gasteiger partial charge < -0.3 is 16.0 Å². The van der Waals surface area contributed by atoms with Gasteiger partial charge in [-0.1, -0.05) is 41.9 Å². The number of aromatic nitrogens is 2. The molecule has 0 bridgehead atoms. The molecular weight excluding hydrogens is 376 g/mol. The van der Waals surface area contributed by atoms with Gasteiger partial charge in [-0.25, -0.2) is 13.8 Å². The van der Waals surface area contributed by atoms with Gasteiger partial charge in [-0.15, -0.1) is 0 Å². The average molecular weight is 390 g/mol. The summed E-state index contributed by atoms with van der Waals surface area (Å²) in [7, 11) is 0. The van der Waals surface area contributed by atoms with Crippen molar-refractivity contribution in [2.75, 3.05) is 5.32 Å². The number of allylic oxidation sites excluding steroid dienone is 1. The summed E-state index contributed by atoms with van der Waals surface area (Å²) in [5.74, 6) is -0.969. The van der Waals surface area contributed by atoms with E-state index in [9.17, 15) is 13.6 Å². The number of rotatable bonds is 5. The maximum absolute atomic E-state index is 12.5. The van der Waals surface area contributed by atoms with Gasteiger partial charge in [0, 0.05) is 11.1 Å². The lowest BCUT2D eigenvalue weighted by Gasteiger charge is -2.08. The number of halogens is 3. The molecule has 6 nitrogen and oxygen atoms in total. The van der Waals surface area contributed by atoms with Crippen LogP contribution in [0.25, 0.3) is 22.3 Å². The molecule has 0 fully saturated rings. The quantitative estimate of drug-likeness (QED) is 0.497. The Hall–Kier alpha value is -3.26. The number of hydrogen-bond donors (Lipinski definition) is 4. The van der Waals surface area contributed by atoms with Crippen LogP contribution in [-0.2, 0) is 4.79 Å². The van der Waals surface area contributed by atoms with E-state index in [0.29, 0.717) is 5.65 Å². The van der Waals surface area contributed by atoms with Gasteiger partial charge in [-0.2, -0.15) is 0 Å². The number of alkyl halides is 2. The highest BCUT2D eigenvalue weighted by Crippen LogP contribution is 2.25. The predicted octanol–water partition coefficient (Wildman–Crippen LogP) is 3.86. The number of H-pyrrole nitrogens is 1. The molecule has 0 spiro atoms. The van der Waals surface area contributed by atoms with Crippen LogP contribution in [0.1, 0.15) is 0 Å². The Morgan fingerprint density at radius 2 is 1.96 bits per heavy atom. The van der Waals surface area contributed by atoms with Gasteiger partial charge in [0.05, 0.1) is 22.6 Å². The van der Waals surface area contributed by atoms with Gasteiger partial charge in [-0.3, -0.25) is 10.2 Å². The molecule has 0 aliphatic carbocycles. The molecule has 2 heterocycles. The molecule has 3 aromatic rings. The van der Waals surface area contributed by atoms with Gasteiger partial charge >= 0.3 is 0 Å². The summed E-state index contributed by atoms with van der Waals surface area (Å²) in [6, 6.07) is 13.1. The second kappa shape index (κ2) is 7.55. The number of nitrogens with zero attached hydrogens (tertiary/aromatic N) is 1. The standard InChI is InChI=1S/C18H14ClF2N5O/c19-13(14(22)16(20)21)15(23)18(27)25-11-6-10-7-12(26-17(10)24-8-11)9-4-2-1-3-5-9/h1-8,16,23H,22H2,(H,24,26)(H,25,27)/b14-13+,23-15?. The number of aromatic amines is 1. The molecule has 2 aromatic heterocycles. The molecule has 0 aliphatic rings. The van der Waals surface area contributed by atoms with E-state index in [1.54, 1.807) is 6.07 Å². The van der Waals surface area contributed by atoms with E-state index < -0.39 is 28.8 Å². The molecule has 1 aromatic carbocycles. The summed E-state index contributed by atoms with van der Waals surface area (Å²) < 4.78 is 25.1. The summed E-state index contributed by atoms with van der Waals surface area (Å²) in [5, 5.41) is 9.95. The fourth-order valence-electron chi connectivity index (χ4n) is 2.39. The fraction of sp³-hybridized carbons (Fsp3) is 0.0556. The zero-order chi connectivity index (χ0) is 19.6. The average Bonchev–Trinajstić information content (AvgIpc) is 3.10. The zero-order valence-corrected chi connectivity index (χ0v) is 14.5. The van der Waals surface area contributed by atoms with E-state index in [1.807, 2.05) is 36.4 Å². The minimum absolute atomic E-state index is 0.288. The molecule has 9 heteroatoms. The first-order valence-electron chi connectivity index (χ1n) is 7.74. The number of hydrogen-bond acceptors (Lipinski definition) is 4. The van der Waals surface area contributed by atoms with Gasteiger partial charge in [0.15, 0.2) is 0 Å². The SMILES string of the molecule is N=C(C(=O)Nc1cnc2[nH]c(-c3ccccc3)cc2c1)/C(Cl)=C(\N)C(F)F. The van der Waals surface area contributed by atoms with Crippen molar-refractivity contribution < 1.29 is 13.6 Å². The molecule has 0 atom stereocenters. The van der Waals surface area contributed by atoms with Gasteiger partial charge in [-0.05, 0) is 17.7 Å². The van der Waals surface area contributed by atoms with E-state index in [-0.39, 0.29) is 5.69 Å². The molecule has 1 amide bonds. The van der Waals surface area contributed by atoms with Crippen LogP contribution in [0.5, 0.6) is 0 Å². The highest BCUT2D eigenvalue weighted by molar-refractivity contribution is 6.60. The van der Waals surface area contributed by atoms with Crippen LogP contribution in [0.3, 0.4) is 0 Å². The third-order valence-electron chi connectivity index (χ3n) is 3.75. The molecular formula is C18H14ClF2N5O. The van der Waals surface area contributed by atoms with Crippen molar-refractivity contribution in [1.82, 2.24) is 9.97 Å². The largest absolute Gasteiger partial charge is 0.396 e. The summed E-state index contributed by atoms with van der Waals surface area (Å²) in [4.78, 5) is 19.4. The Labute approximate surface area is 157 Å². The monoisotopic (exact) mass is 389 g/mol. The maximum Gasteiger partial charge on any atom is 0.279 e. The van der Waals surface area contributed by atoms with E-state index in [2.05, 4.69) is 15.3 Å². The molecule has 0 saturated heterocycles. The lowest BCUT2D eigenvalue weighted by Crippen LogP contribution is -2.25. The number of fused-ring (bicyclic) bond motifs is 1. The minimum Gasteiger partial charge on any atom is -0.396 e. The number of amides is 1. The van der Waals surface area contributed by atoms with Gasteiger partial charge in [0.2, 0.25) is 0 Å². The van der Waals surface area contributed by atoms with Crippen molar-refractivity contribution in [3.8, 4) is 11.3 Å². The van der Waals surface area contributed by atoms with Crippen molar-refractivity contribution in [3.63, 3.8) is 0 Å². The molecule has 0 aliphatic heterocycles. The predicted molar refractivity (Wildman–Crippen MR) is 101 cm³/mol. The summed E-state index contributed by atoms with van der Waals surface area (Å²) >= 11 is 5.57. The highest BCUT2D eigenvalue weighted by Gasteiger charge is 2.21. The molecule has 0 radical (unpaired) electrons. The normalized spacial score (nSPS) is 12.1. The van der Waals surface area contributed by atoms with E-state index in [0.717, 1.165) is 16.6 Å². The third kappa shape index (κ3) is 3.95. The molecule has 27 heavy (non-hydrogen) atoms. The number of anilines is 1. The Kier molecular flexibility index (Phi) is 5.18. The van der Waals surface area contributed by atoms with E-state index >= 15 is 0 Å². The van der Waals surface area contributed by atoms with Crippen LogP contribution in [0.15, 0.2) is 59.4 Å². The lowest BCUT2D eigenvalue weighted by atomic mass is 10.1. The minimum atomic E-state index is -3.06. The summed E-state index contributed by atoms with van der Waals surface area (Å²) in [6.45, 7) is 0. The van der Waals surface area contributed by atoms with Crippen LogP contribution in [0.4, 0.5) is 14.5 Å². The van der Waals surface area contributed by atoms with Gasteiger partial charge in [0.1, 0.15) is 11.4 Å². The Bertz CT molecular complexity index is 1050. The van der Waals surface area contributed by atoms with Crippen LogP contribution < -0.4 is 11.1 Å². The second-order valence-corrected chi connectivity index (χ2v) is 5.99. The number of carbonyl (C=O) groups excluding carboxylic acids is 1. The smallest absolute Gasteiger partial charge is 0.279 e. The Morgan fingerprint density at radius 1 is 1.26 bits per heavy atom. The number of nitrogens with one attached hydrogen (secondary N) is 3. The summed E-state index contributed by atoms with van der Waals surface area (Å²) in [5.41, 5.74) is 5.93. The zero-order valence-electron chi connectivity index (χ0n) is 13.8. The fourth-order valence-corrected chi connectivity index (χ4v) is 2.56. The van der Waals surface area contributed by atoms with Crippen molar-refractivity contribution in [3.05, 3.63) is 59.4 Å². The third-order valence-corrected chi connectivity index (χ3v) is 4.16. The number of carbonyl (C=O) groups is 1. The van der Waals surface area contributed by atoms with E-state index in [1.165, 1.54) is 6.20 Å². The molecule has 3 rings (SSSR count).